The highest BCUT2D eigenvalue weighted by molar-refractivity contribution is 6.33. The number of nitrogens with zero attached hydrogens (tertiary/aromatic N) is 1. The number of amides is 1. The molecule has 0 atom stereocenters. The first-order valence-corrected chi connectivity index (χ1v) is 6.20. The van der Waals surface area contributed by atoms with Gasteiger partial charge in [0.15, 0.2) is 0 Å². The van der Waals surface area contributed by atoms with Crippen LogP contribution in [0.15, 0.2) is 34.9 Å². The van der Waals surface area contributed by atoms with E-state index in [-0.39, 0.29) is 5.91 Å². The minimum absolute atomic E-state index is 0.109. The highest BCUT2D eigenvalue weighted by Crippen LogP contribution is 2.21. The van der Waals surface area contributed by atoms with Crippen LogP contribution in [-0.4, -0.2) is 17.9 Å². The average Bonchev–Trinajstić information content (AvgIpc) is 2.77. The smallest absolute Gasteiger partial charge is 0.253 e. The van der Waals surface area contributed by atoms with Crippen molar-refractivity contribution in [3.63, 3.8) is 0 Å². The second-order valence-electron chi connectivity index (χ2n) is 4.40. The maximum absolute atomic E-state index is 12.2. The Morgan fingerprint density at radius 2 is 2.16 bits per heavy atom. The normalized spacial score (nSPS) is 10.5. The molecule has 100 valence electrons. The molecule has 0 unspecified atom stereocenters. The maximum atomic E-state index is 12.2. The first kappa shape index (κ1) is 13.5. The third-order valence-electron chi connectivity index (χ3n) is 2.97. The number of nitrogens with two attached hydrogens (primary N) is 1. The summed E-state index contributed by atoms with van der Waals surface area (Å²) in [4.78, 5) is 13.9. The Balaban J connectivity index is 2.15. The van der Waals surface area contributed by atoms with Crippen molar-refractivity contribution in [2.75, 3.05) is 12.8 Å². The Labute approximate surface area is 116 Å². The van der Waals surface area contributed by atoms with Crippen molar-refractivity contribution >= 4 is 23.2 Å². The molecular weight excluding hydrogens is 264 g/mol. The highest BCUT2D eigenvalue weighted by Gasteiger charge is 2.14. The summed E-state index contributed by atoms with van der Waals surface area (Å²) in [6, 6.07) is 6.74. The second kappa shape index (κ2) is 5.36. The molecule has 1 aromatic heterocycles. The Bertz CT molecular complexity index is 607. The second-order valence-corrected chi connectivity index (χ2v) is 4.81. The zero-order valence-electron chi connectivity index (χ0n) is 10.8. The molecule has 0 fully saturated rings. The van der Waals surface area contributed by atoms with E-state index >= 15 is 0 Å². The fourth-order valence-electron chi connectivity index (χ4n) is 1.78. The molecule has 0 saturated heterocycles. The summed E-state index contributed by atoms with van der Waals surface area (Å²) in [6.07, 6.45) is 1.61. The molecule has 5 heteroatoms. The monoisotopic (exact) mass is 278 g/mol. The van der Waals surface area contributed by atoms with E-state index in [1.54, 1.807) is 36.4 Å². The average molecular weight is 279 g/mol. The van der Waals surface area contributed by atoms with Crippen molar-refractivity contribution in [3.05, 3.63) is 52.4 Å². The zero-order valence-corrected chi connectivity index (χ0v) is 11.6. The van der Waals surface area contributed by atoms with Gasteiger partial charge in [-0.1, -0.05) is 11.6 Å². The number of anilines is 1. The van der Waals surface area contributed by atoms with Gasteiger partial charge in [-0.3, -0.25) is 4.79 Å². The first-order valence-electron chi connectivity index (χ1n) is 5.82. The standard InChI is InChI=1S/C14H15ClN2O2/c1-9-11(5-6-19-9)8-17(2)14(18)10-3-4-13(16)12(15)7-10/h3-7H,8,16H2,1-2H3. The van der Waals surface area contributed by atoms with Crippen molar-refractivity contribution < 1.29 is 9.21 Å². The molecule has 1 aromatic carbocycles. The number of carbonyl (C=O) groups is 1. The number of rotatable bonds is 3. The van der Waals surface area contributed by atoms with Crippen LogP contribution in [-0.2, 0) is 6.54 Å². The summed E-state index contributed by atoms with van der Waals surface area (Å²) in [5.74, 6) is 0.706. The van der Waals surface area contributed by atoms with Crippen LogP contribution in [0.2, 0.25) is 5.02 Å². The molecule has 4 nitrogen and oxygen atoms in total. The molecular formula is C14H15ClN2O2. The van der Waals surface area contributed by atoms with Crippen molar-refractivity contribution in [3.8, 4) is 0 Å². The predicted molar refractivity (Wildman–Crippen MR) is 75.1 cm³/mol. The van der Waals surface area contributed by atoms with Crippen molar-refractivity contribution in [2.24, 2.45) is 0 Å². The minimum Gasteiger partial charge on any atom is -0.469 e. The van der Waals surface area contributed by atoms with Crippen LogP contribution in [0, 0.1) is 6.92 Å². The fourth-order valence-corrected chi connectivity index (χ4v) is 1.96. The van der Waals surface area contributed by atoms with Gasteiger partial charge in [-0.05, 0) is 31.2 Å². The summed E-state index contributed by atoms with van der Waals surface area (Å²) < 4.78 is 5.21. The molecule has 1 amide bonds. The van der Waals surface area contributed by atoms with Gasteiger partial charge in [-0.2, -0.15) is 0 Å². The summed E-state index contributed by atoms with van der Waals surface area (Å²) in [7, 11) is 1.74. The zero-order chi connectivity index (χ0) is 14.0. The molecule has 0 aliphatic carbocycles. The van der Waals surface area contributed by atoms with Gasteiger partial charge in [0, 0.05) is 24.7 Å². The number of aryl methyl sites for hydroxylation is 1. The van der Waals surface area contributed by atoms with E-state index in [1.807, 2.05) is 13.0 Å². The SMILES string of the molecule is Cc1occc1CN(C)C(=O)c1ccc(N)c(Cl)c1. The van der Waals surface area contributed by atoms with E-state index < -0.39 is 0 Å². The summed E-state index contributed by atoms with van der Waals surface area (Å²) >= 11 is 5.92. The van der Waals surface area contributed by atoms with Gasteiger partial charge in [0.1, 0.15) is 5.76 Å². The lowest BCUT2D eigenvalue weighted by Gasteiger charge is -2.17. The Hall–Kier alpha value is -1.94. The Morgan fingerprint density at radius 3 is 2.74 bits per heavy atom. The molecule has 1 heterocycles. The van der Waals surface area contributed by atoms with Gasteiger partial charge in [0.25, 0.3) is 5.91 Å². The van der Waals surface area contributed by atoms with Crippen molar-refractivity contribution in [2.45, 2.75) is 13.5 Å². The number of halogens is 1. The van der Waals surface area contributed by atoms with E-state index in [9.17, 15) is 4.79 Å². The van der Waals surface area contributed by atoms with Crippen LogP contribution in [0.5, 0.6) is 0 Å². The van der Waals surface area contributed by atoms with E-state index in [0.717, 1.165) is 11.3 Å². The number of furan rings is 1. The third kappa shape index (κ3) is 2.90. The van der Waals surface area contributed by atoms with E-state index in [1.165, 1.54) is 0 Å². The molecule has 2 rings (SSSR count). The lowest BCUT2D eigenvalue weighted by Crippen LogP contribution is -2.26. The number of benzene rings is 1. The molecule has 2 N–H and O–H groups in total. The quantitative estimate of drug-likeness (QED) is 0.878. The van der Waals surface area contributed by atoms with E-state index in [2.05, 4.69) is 0 Å². The van der Waals surface area contributed by atoms with E-state index in [4.69, 9.17) is 21.8 Å². The number of nitrogen functional groups attached to an aromatic ring is 1. The molecule has 19 heavy (non-hydrogen) atoms. The summed E-state index contributed by atoms with van der Waals surface area (Å²) in [5, 5.41) is 0.388. The predicted octanol–water partition coefficient (Wildman–Crippen LogP) is 3.10. The molecule has 0 aliphatic rings. The summed E-state index contributed by atoms with van der Waals surface area (Å²) in [6.45, 7) is 2.36. The van der Waals surface area contributed by atoms with Crippen LogP contribution < -0.4 is 5.73 Å². The van der Waals surface area contributed by atoms with Crippen molar-refractivity contribution in [1.82, 2.24) is 4.90 Å². The number of hydrogen-bond donors (Lipinski definition) is 1. The lowest BCUT2D eigenvalue weighted by molar-refractivity contribution is 0.0784. The van der Waals surface area contributed by atoms with Gasteiger partial charge in [-0.25, -0.2) is 0 Å². The van der Waals surface area contributed by atoms with Crippen molar-refractivity contribution in [1.29, 1.82) is 0 Å². The van der Waals surface area contributed by atoms with Gasteiger partial charge in [0.2, 0.25) is 0 Å². The molecule has 0 saturated carbocycles. The topological polar surface area (TPSA) is 59.5 Å². The molecule has 0 spiro atoms. The van der Waals surface area contributed by atoms with Crippen LogP contribution in [0.25, 0.3) is 0 Å². The van der Waals surface area contributed by atoms with Crippen LogP contribution >= 0.6 is 11.6 Å². The van der Waals surface area contributed by atoms with Crippen LogP contribution in [0.1, 0.15) is 21.7 Å². The Morgan fingerprint density at radius 1 is 1.42 bits per heavy atom. The van der Waals surface area contributed by atoms with Gasteiger partial charge < -0.3 is 15.1 Å². The Kier molecular flexibility index (Phi) is 3.81. The minimum atomic E-state index is -0.109. The number of carbonyl (C=O) groups excluding carboxylic acids is 1. The number of hydrogen-bond acceptors (Lipinski definition) is 3. The fraction of sp³-hybridized carbons (Fsp3) is 0.214. The molecule has 0 bridgehead atoms. The summed E-state index contributed by atoms with van der Waals surface area (Å²) in [5.41, 5.74) is 7.59. The van der Waals surface area contributed by atoms with Crippen LogP contribution in [0.3, 0.4) is 0 Å². The highest BCUT2D eigenvalue weighted by atomic mass is 35.5. The van der Waals surface area contributed by atoms with Gasteiger partial charge >= 0.3 is 0 Å². The van der Waals surface area contributed by atoms with Gasteiger partial charge in [-0.15, -0.1) is 0 Å². The largest absolute Gasteiger partial charge is 0.469 e. The molecule has 0 radical (unpaired) electrons. The van der Waals surface area contributed by atoms with E-state index in [0.29, 0.717) is 22.8 Å². The maximum Gasteiger partial charge on any atom is 0.253 e. The molecule has 0 aliphatic heterocycles. The van der Waals surface area contributed by atoms with Gasteiger partial charge in [0.05, 0.1) is 17.0 Å². The van der Waals surface area contributed by atoms with Crippen LogP contribution in [0.4, 0.5) is 5.69 Å². The third-order valence-corrected chi connectivity index (χ3v) is 3.30. The molecule has 2 aromatic rings. The first-order chi connectivity index (χ1) is 8.99. The lowest BCUT2D eigenvalue weighted by atomic mass is 10.1.